The summed E-state index contributed by atoms with van der Waals surface area (Å²) >= 11 is 0. The van der Waals surface area contributed by atoms with Crippen LogP contribution in [-0.4, -0.2) is 16.8 Å². The van der Waals surface area contributed by atoms with Crippen LogP contribution in [0, 0.1) is 5.82 Å². The first-order chi connectivity index (χ1) is 7.72. The molecule has 0 spiro atoms. The van der Waals surface area contributed by atoms with Gasteiger partial charge in [0.15, 0.2) is 0 Å². The first-order valence-electron chi connectivity index (χ1n) is 5.13. The molecule has 2 rings (SSSR count). The van der Waals surface area contributed by atoms with E-state index < -0.39 is 0 Å². The minimum absolute atomic E-state index is 0.206. The first kappa shape index (κ1) is 10.8. The molecule has 0 saturated carbocycles. The van der Waals surface area contributed by atoms with Gasteiger partial charge in [0.1, 0.15) is 5.82 Å². The number of aryl methyl sites for hydroxylation is 1. The Morgan fingerprint density at radius 1 is 1.31 bits per heavy atom. The fourth-order valence-corrected chi connectivity index (χ4v) is 1.76. The zero-order valence-electron chi connectivity index (χ0n) is 9.31. The molecule has 0 amide bonds. The summed E-state index contributed by atoms with van der Waals surface area (Å²) < 4.78 is 15.4. The van der Waals surface area contributed by atoms with Gasteiger partial charge in [-0.05, 0) is 19.2 Å². The summed E-state index contributed by atoms with van der Waals surface area (Å²) in [6, 6.07) is 8.42. The highest BCUT2D eigenvalue weighted by molar-refractivity contribution is 5.28. The zero-order chi connectivity index (χ0) is 11.5. The standard InChI is InChI=1S/C12H14FN3/c1-14-12(11-7-8-16(2)15-11)9-5-3-4-6-10(9)13/h3-8,12,14H,1-2H3. The highest BCUT2D eigenvalue weighted by atomic mass is 19.1. The second kappa shape index (κ2) is 4.45. The molecule has 1 aromatic carbocycles. The van der Waals surface area contributed by atoms with E-state index in [1.807, 2.05) is 25.4 Å². The third kappa shape index (κ3) is 1.97. The summed E-state index contributed by atoms with van der Waals surface area (Å²) in [5.41, 5.74) is 1.43. The minimum Gasteiger partial charge on any atom is -0.308 e. The van der Waals surface area contributed by atoms with Gasteiger partial charge in [-0.3, -0.25) is 4.68 Å². The number of hydrogen-bond acceptors (Lipinski definition) is 2. The monoisotopic (exact) mass is 219 g/mol. The molecule has 2 aromatic rings. The Labute approximate surface area is 93.9 Å². The number of aromatic nitrogens is 2. The van der Waals surface area contributed by atoms with Crippen molar-refractivity contribution >= 4 is 0 Å². The van der Waals surface area contributed by atoms with E-state index in [1.54, 1.807) is 23.9 Å². The van der Waals surface area contributed by atoms with Gasteiger partial charge >= 0.3 is 0 Å². The predicted molar refractivity (Wildman–Crippen MR) is 60.5 cm³/mol. The molecular weight excluding hydrogens is 205 g/mol. The lowest BCUT2D eigenvalue weighted by Crippen LogP contribution is -2.19. The number of nitrogens with one attached hydrogen (secondary N) is 1. The molecule has 0 aliphatic heterocycles. The number of rotatable bonds is 3. The van der Waals surface area contributed by atoms with Gasteiger partial charge in [-0.1, -0.05) is 18.2 Å². The molecule has 1 heterocycles. The molecule has 1 aromatic heterocycles. The van der Waals surface area contributed by atoms with Crippen LogP contribution in [0.4, 0.5) is 4.39 Å². The van der Waals surface area contributed by atoms with E-state index >= 15 is 0 Å². The van der Waals surface area contributed by atoms with Gasteiger partial charge in [-0.25, -0.2) is 4.39 Å². The van der Waals surface area contributed by atoms with E-state index in [9.17, 15) is 4.39 Å². The Bertz CT molecular complexity index is 479. The van der Waals surface area contributed by atoms with Gasteiger partial charge < -0.3 is 5.32 Å². The van der Waals surface area contributed by atoms with Crippen molar-refractivity contribution in [2.45, 2.75) is 6.04 Å². The number of halogens is 1. The summed E-state index contributed by atoms with van der Waals surface area (Å²) in [6.07, 6.45) is 1.85. The first-order valence-corrected chi connectivity index (χ1v) is 5.13. The zero-order valence-corrected chi connectivity index (χ0v) is 9.31. The Balaban J connectivity index is 2.40. The van der Waals surface area contributed by atoms with E-state index in [2.05, 4.69) is 10.4 Å². The highest BCUT2D eigenvalue weighted by Crippen LogP contribution is 2.22. The van der Waals surface area contributed by atoms with Gasteiger partial charge in [-0.15, -0.1) is 0 Å². The second-order valence-electron chi connectivity index (χ2n) is 3.66. The summed E-state index contributed by atoms with van der Waals surface area (Å²) in [6.45, 7) is 0. The number of benzene rings is 1. The van der Waals surface area contributed by atoms with Crippen LogP contribution >= 0.6 is 0 Å². The average molecular weight is 219 g/mol. The van der Waals surface area contributed by atoms with Crippen molar-refractivity contribution in [3.63, 3.8) is 0 Å². The van der Waals surface area contributed by atoms with Crippen LogP contribution in [0.2, 0.25) is 0 Å². The molecule has 16 heavy (non-hydrogen) atoms. The summed E-state index contributed by atoms with van der Waals surface area (Å²) in [7, 11) is 3.64. The van der Waals surface area contributed by atoms with Crippen LogP contribution in [0.1, 0.15) is 17.3 Å². The lowest BCUT2D eigenvalue weighted by molar-refractivity contribution is 0.565. The molecule has 0 radical (unpaired) electrons. The average Bonchev–Trinajstić information content (AvgIpc) is 2.69. The molecule has 0 fully saturated rings. The number of nitrogens with zero attached hydrogens (tertiary/aromatic N) is 2. The molecule has 3 nitrogen and oxygen atoms in total. The van der Waals surface area contributed by atoms with Crippen LogP contribution in [0.3, 0.4) is 0 Å². The minimum atomic E-state index is -0.215. The molecule has 1 atom stereocenters. The molecule has 4 heteroatoms. The van der Waals surface area contributed by atoms with Crippen molar-refractivity contribution in [1.29, 1.82) is 0 Å². The smallest absolute Gasteiger partial charge is 0.128 e. The van der Waals surface area contributed by atoms with Crippen molar-refractivity contribution in [2.24, 2.45) is 7.05 Å². The van der Waals surface area contributed by atoms with Crippen molar-refractivity contribution in [1.82, 2.24) is 15.1 Å². The van der Waals surface area contributed by atoms with Crippen LogP contribution in [-0.2, 0) is 7.05 Å². The molecule has 0 aliphatic rings. The normalized spacial score (nSPS) is 12.7. The van der Waals surface area contributed by atoms with E-state index in [4.69, 9.17) is 0 Å². The van der Waals surface area contributed by atoms with E-state index in [0.717, 1.165) is 5.69 Å². The summed E-state index contributed by atoms with van der Waals surface area (Å²) in [5, 5.41) is 7.36. The predicted octanol–water partition coefficient (Wildman–Crippen LogP) is 1.87. The molecule has 1 N–H and O–H groups in total. The van der Waals surface area contributed by atoms with Gasteiger partial charge in [-0.2, -0.15) is 5.10 Å². The summed E-state index contributed by atoms with van der Waals surface area (Å²) in [5.74, 6) is -0.215. The molecule has 0 saturated heterocycles. The Hall–Kier alpha value is -1.68. The lowest BCUT2D eigenvalue weighted by Gasteiger charge is -2.14. The van der Waals surface area contributed by atoms with E-state index in [1.165, 1.54) is 6.07 Å². The van der Waals surface area contributed by atoms with Gasteiger partial charge in [0.2, 0.25) is 0 Å². The quantitative estimate of drug-likeness (QED) is 0.854. The van der Waals surface area contributed by atoms with E-state index in [-0.39, 0.29) is 11.9 Å². The Morgan fingerprint density at radius 3 is 2.62 bits per heavy atom. The topological polar surface area (TPSA) is 29.9 Å². The molecule has 84 valence electrons. The lowest BCUT2D eigenvalue weighted by atomic mass is 10.0. The molecular formula is C12H14FN3. The van der Waals surface area contributed by atoms with Crippen LogP contribution in [0.15, 0.2) is 36.5 Å². The maximum atomic E-state index is 13.6. The fraction of sp³-hybridized carbons (Fsp3) is 0.250. The van der Waals surface area contributed by atoms with Crippen LogP contribution < -0.4 is 5.32 Å². The van der Waals surface area contributed by atoms with Crippen molar-refractivity contribution in [3.8, 4) is 0 Å². The van der Waals surface area contributed by atoms with Crippen molar-refractivity contribution in [2.75, 3.05) is 7.05 Å². The largest absolute Gasteiger partial charge is 0.308 e. The van der Waals surface area contributed by atoms with Gasteiger partial charge in [0.05, 0.1) is 11.7 Å². The second-order valence-corrected chi connectivity index (χ2v) is 3.66. The molecule has 1 unspecified atom stereocenters. The maximum Gasteiger partial charge on any atom is 0.128 e. The number of hydrogen-bond donors (Lipinski definition) is 1. The Morgan fingerprint density at radius 2 is 2.06 bits per heavy atom. The van der Waals surface area contributed by atoms with Gasteiger partial charge in [0.25, 0.3) is 0 Å². The maximum absolute atomic E-state index is 13.6. The third-order valence-corrected chi connectivity index (χ3v) is 2.53. The summed E-state index contributed by atoms with van der Waals surface area (Å²) in [4.78, 5) is 0. The molecule has 0 aliphatic carbocycles. The molecule has 0 bridgehead atoms. The van der Waals surface area contributed by atoms with Crippen molar-refractivity contribution < 1.29 is 4.39 Å². The Kier molecular flexibility index (Phi) is 3.01. The van der Waals surface area contributed by atoms with E-state index in [0.29, 0.717) is 5.56 Å². The van der Waals surface area contributed by atoms with Crippen LogP contribution in [0.5, 0.6) is 0 Å². The van der Waals surface area contributed by atoms with Gasteiger partial charge in [0, 0.05) is 18.8 Å². The van der Waals surface area contributed by atoms with Crippen molar-refractivity contribution in [3.05, 3.63) is 53.6 Å². The fourth-order valence-electron chi connectivity index (χ4n) is 1.76. The third-order valence-electron chi connectivity index (χ3n) is 2.53. The SMILES string of the molecule is CNC(c1ccn(C)n1)c1ccccc1F. The highest BCUT2D eigenvalue weighted by Gasteiger charge is 2.17. The van der Waals surface area contributed by atoms with Crippen LogP contribution in [0.25, 0.3) is 0 Å².